The van der Waals surface area contributed by atoms with Crippen LogP contribution < -0.4 is 0 Å². The Morgan fingerprint density at radius 2 is 2.06 bits per heavy atom. The molecule has 1 aliphatic heterocycles. The predicted octanol–water partition coefficient (Wildman–Crippen LogP) is 2.61. The van der Waals surface area contributed by atoms with Gasteiger partial charge < -0.3 is 0 Å². The van der Waals surface area contributed by atoms with Crippen LogP contribution in [0, 0.1) is 0 Å². The Hall–Kier alpha value is -0.870. The third kappa shape index (κ3) is 2.19. The Bertz CT molecular complexity index is 447. The molecule has 0 bridgehead atoms. The highest BCUT2D eigenvalue weighted by molar-refractivity contribution is 6.34. The molecule has 0 radical (unpaired) electrons. The average molecular weight is 270 g/mol. The molecule has 0 N–H and O–H groups in total. The van der Waals surface area contributed by atoms with E-state index in [9.17, 15) is 4.79 Å². The van der Waals surface area contributed by atoms with E-state index in [2.05, 4.69) is 10.00 Å². The molecule has 1 fully saturated rings. The van der Waals surface area contributed by atoms with Gasteiger partial charge in [-0.3, -0.25) is 14.4 Å². The number of Topliss-reactive ketones (excluding diaryl/α,β-unsaturated/α-hetero) is 1. The van der Waals surface area contributed by atoms with Gasteiger partial charge in [0.05, 0.1) is 16.8 Å². The topological polar surface area (TPSA) is 38.1 Å². The minimum absolute atomic E-state index is 0.0637. The first-order valence-electron chi connectivity index (χ1n) is 6.49. The highest BCUT2D eigenvalue weighted by Crippen LogP contribution is 2.28. The summed E-state index contributed by atoms with van der Waals surface area (Å²) < 4.78 is 1.68. The molecule has 0 spiro atoms. The van der Waals surface area contributed by atoms with Crippen molar-refractivity contribution in [2.24, 2.45) is 0 Å². The maximum atomic E-state index is 12.7. The van der Waals surface area contributed by atoms with Crippen molar-refractivity contribution in [3.8, 4) is 0 Å². The highest BCUT2D eigenvalue weighted by atomic mass is 35.5. The zero-order valence-corrected chi connectivity index (χ0v) is 12.0. The molecule has 0 aliphatic carbocycles. The first-order valence-corrected chi connectivity index (χ1v) is 6.87. The smallest absolute Gasteiger partial charge is 0.201 e. The molecule has 1 aromatic heterocycles. The molecule has 0 unspecified atom stereocenters. The zero-order chi connectivity index (χ0) is 13.3. The summed E-state index contributed by atoms with van der Waals surface area (Å²) in [7, 11) is 0. The van der Waals surface area contributed by atoms with Gasteiger partial charge in [0, 0.05) is 6.54 Å². The van der Waals surface area contributed by atoms with Crippen LogP contribution in [-0.4, -0.2) is 39.1 Å². The van der Waals surface area contributed by atoms with Crippen LogP contribution >= 0.6 is 11.6 Å². The number of ketones is 1. The monoisotopic (exact) mass is 269 g/mol. The van der Waals surface area contributed by atoms with Crippen molar-refractivity contribution in [3.63, 3.8) is 0 Å². The van der Waals surface area contributed by atoms with Gasteiger partial charge >= 0.3 is 0 Å². The van der Waals surface area contributed by atoms with Crippen LogP contribution in [0.1, 0.15) is 44.1 Å². The normalized spacial score (nSPS) is 17.3. The van der Waals surface area contributed by atoms with Gasteiger partial charge in [-0.2, -0.15) is 5.10 Å². The Morgan fingerprint density at radius 3 is 2.61 bits per heavy atom. The van der Waals surface area contributed by atoms with Crippen molar-refractivity contribution in [1.29, 1.82) is 0 Å². The summed E-state index contributed by atoms with van der Waals surface area (Å²) in [6.07, 6.45) is 3.88. The highest BCUT2D eigenvalue weighted by Gasteiger charge is 2.38. The van der Waals surface area contributed by atoms with Gasteiger partial charge in [0.15, 0.2) is 0 Å². The molecule has 0 amide bonds. The molecule has 100 valence electrons. The zero-order valence-electron chi connectivity index (χ0n) is 11.2. The van der Waals surface area contributed by atoms with E-state index in [4.69, 9.17) is 11.6 Å². The van der Waals surface area contributed by atoms with Crippen molar-refractivity contribution < 1.29 is 4.79 Å². The Morgan fingerprint density at radius 1 is 1.44 bits per heavy atom. The molecule has 1 aliphatic rings. The molecular weight excluding hydrogens is 250 g/mol. The lowest BCUT2D eigenvalue weighted by atomic mass is 9.94. The van der Waals surface area contributed by atoms with Gasteiger partial charge in [-0.1, -0.05) is 11.6 Å². The van der Waals surface area contributed by atoms with Crippen LogP contribution in [0.25, 0.3) is 0 Å². The van der Waals surface area contributed by atoms with Crippen LogP contribution in [0.15, 0.2) is 6.20 Å². The molecule has 0 atom stereocenters. The molecule has 2 heterocycles. The van der Waals surface area contributed by atoms with E-state index in [0.29, 0.717) is 17.3 Å². The SMILES string of the molecule is CCn1ncc(Cl)c1C(=O)C(C)(C)N1CCCC1. The average Bonchev–Trinajstić information content (AvgIpc) is 2.96. The van der Waals surface area contributed by atoms with Crippen molar-refractivity contribution in [2.75, 3.05) is 13.1 Å². The number of aryl methyl sites for hydroxylation is 1. The van der Waals surface area contributed by atoms with E-state index in [-0.39, 0.29) is 5.78 Å². The minimum Gasteiger partial charge on any atom is -0.291 e. The van der Waals surface area contributed by atoms with E-state index in [1.54, 1.807) is 10.9 Å². The van der Waals surface area contributed by atoms with Crippen LogP contribution in [0.3, 0.4) is 0 Å². The predicted molar refractivity (Wildman–Crippen MR) is 72.1 cm³/mol. The summed E-state index contributed by atoms with van der Waals surface area (Å²) in [5.74, 6) is 0.0637. The second-order valence-electron chi connectivity index (χ2n) is 5.24. The lowest BCUT2D eigenvalue weighted by Crippen LogP contribution is -2.49. The van der Waals surface area contributed by atoms with Crippen molar-refractivity contribution >= 4 is 17.4 Å². The van der Waals surface area contributed by atoms with Crippen molar-refractivity contribution in [2.45, 2.75) is 45.7 Å². The summed E-state index contributed by atoms with van der Waals surface area (Å²) in [4.78, 5) is 15.0. The number of halogens is 1. The third-order valence-electron chi connectivity index (χ3n) is 3.76. The number of hydrogen-bond donors (Lipinski definition) is 0. The lowest BCUT2D eigenvalue weighted by Gasteiger charge is -2.33. The Labute approximate surface area is 113 Å². The van der Waals surface area contributed by atoms with Crippen LogP contribution in [-0.2, 0) is 6.54 Å². The van der Waals surface area contributed by atoms with Gasteiger partial charge in [-0.05, 0) is 46.7 Å². The van der Waals surface area contributed by atoms with Crippen LogP contribution in [0.4, 0.5) is 0 Å². The fourth-order valence-corrected chi connectivity index (χ4v) is 2.76. The van der Waals surface area contributed by atoms with Gasteiger partial charge in [0.1, 0.15) is 5.69 Å². The molecular formula is C13H20ClN3O. The number of carbonyl (C=O) groups excluding carboxylic acids is 1. The number of aromatic nitrogens is 2. The number of carbonyl (C=O) groups is 1. The molecule has 4 nitrogen and oxygen atoms in total. The van der Waals surface area contributed by atoms with E-state index in [1.807, 2.05) is 20.8 Å². The molecule has 18 heavy (non-hydrogen) atoms. The molecule has 0 aromatic carbocycles. The molecule has 1 aromatic rings. The Kier molecular flexibility index (Phi) is 3.78. The largest absolute Gasteiger partial charge is 0.291 e. The number of nitrogens with zero attached hydrogens (tertiary/aromatic N) is 3. The molecule has 5 heteroatoms. The summed E-state index contributed by atoms with van der Waals surface area (Å²) in [5, 5.41) is 4.59. The fourth-order valence-electron chi connectivity index (χ4n) is 2.54. The van der Waals surface area contributed by atoms with Crippen LogP contribution in [0.2, 0.25) is 5.02 Å². The van der Waals surface area contributed by atoms with Crippen molar-refractivity contribution in [3.05, 3.63) is 16.9 Å². The van der Waals surface area contributed by atoms with E-state index in [0.717, 1.165) is 25.9 Å². The molecule has 2 rings (SSSR count). The lowest BCUT2D eigenvalue weighted by molar-refractivity contribution is 0.0691. The maximum Gasteiger partial charge on any atom is 0.201 e. The quantitative estimate of drug-likeness (QED) is 0.789. The van der Waals surface area contributed by atoms with E-state index in [1.165, 1.54) is 0 Å². The van der Waals surface area contributed by atoms with Gasteiger partial charge in [-0.15, -0.1) is 0 Å². The maximum absolute atomic E-state index is 12.7. The summed E-state index contributed by atoms with van der Waals surface area (Å²) in [5.41, 5.74) is 0.0312. The standard InChI is InChI=1S/C13H20ClN3O/c1-4-17-11(10(14)9-15-17)12(18)13(2,3)16-7-5-6-8-16/h9H,4-8H2,1-3H3. The van der Waals surface area contributed by atoms with E-state index < -0.39 is 5.54 Å². The van der Waals surface area contributed by atoms with Gasteiger partial charge in [0.2, 0.25) is 5.78 Å². The van der Waals surface area contributed by atoms with E-state index >= 15 is 0 Å². The molecule has 0 saturated carbocycles. The summed E-state index contributed by atoms with van der Waals surface area (Å²) in [6, 6.07) is 0. The third-order valence-corrected chi connectivity index (χ3v) is 4.04. The number of likely N-dealkylation sites (tertiary alicyclic amines) is 1. The van der Waals surface area contributed by atoms with Gasteiger partial charge in [0.25, 0.3) is 0 Å². The fraction of sp³-hybridized carbons (Fsp3) is 0.692. The number of hydrogen-bond acceptors (Lipinski definition) is 3. The Balaban J connectivity index is 2.32. The minimum atomic E-state index is -0.507. The summed E-state index contributed by atoms with van der Waals surface area (Å²) >= 11 is 6.11. The first kappa shape index (κ1) is 13.6. The first-order chi connectivity index (χ1) is 8.48. The number of rotatable bonds is 4. The summed E-state index contributed by atoms with van der Waals surface area (Å²) in [6.45, 7) is 8.54. The van der Waals surface area contributed by atoms with Crippen LogP contribution in [0.5, 0.6) is 0 Å². The second kappa shape index (κ2) is 5.02. The molecule has 1 saturated heterocycles. The van der Waals surface area contributed by atoms with Crippen molar-refractivity contribution in [1.82, 2.24) is 14.7 Å². The van der Waals surface area contributed by atoms with Gasteiger partial charge in [-0.25, -0.2) is 0 Å². The second-order valence-corrected chi connectivity index (χ2v) is 5.65.